The van der Waals surface area contributed by atoms with Gasteiger partial charge in [-0.2, -0.15) is 0 Å². The van der Waals surface area contributed by atoms with E-state index < -0.39 is 0 Å². The van der Waals surface area contributed by atoms with E-state index in [4.69, 9.17) is 6.42 Å². The van der Waals surface area contributed by atoms with E-state index in [1.807, 2.05) is 0 Å². The largest absolute Gasteiger partial charge is 0.394 e. The molecule has 1 aliphatic rings. The lowest BCUT2D eigenvalue weighted by Gasteiger charge is -2.38. The summed E-state index contributed by atoms with van der Waals surface area (Å²) in [5, 5.41) is 15.4. The van der Waals surface area contributed by atoms with E-state index in [1.165, 1.54) is 6.42 Å². The van der Waals surface area contributed by atoms with Gasteiger partial charge in [0, 0.05) is 5.54 Å². The summed E-state index contributed by atoms with van der Waals surface area (Å²) < 4.78 is 0. The van der Waals surface area contributed by atoms with Gasteiger partial charge in [-0.1, -0.05) is 25.2 Å². The van der Waals surface area contributed by atoms with Gasteiger partial charge in [-0.25, -0.2) is 0 Å². The highest BCUT2D eigenvalue weighted by molar-refractivity contribution is 5.81. The molecule has 0 aromatic heterocycles. The number of hydrogen-bond acceptors (Lipinski definition) is 3. The zero-order valence-electron chi connectivity index (χ0n) is 10.5. The molecule has 0 aliphatic heterocycles. The molecule has 1 saturated carbocycles. The van der Waals surface area contributed by atoms with Crippen molar-refractivity contribution in [2.75, 3.05) is 13.2 Å². The van der Waals surface area contributed by atoms with Crippen LogP contribution >= 0.6 is 0 Å². The lowest BCUT2D eigenvalue weighted by molar-refractivity contribution is -0.123. The molecule has 1 atom stereocenters. The lowest BCUT2D eigenvalue weighted by atomic mass is 9.82. The van der Waals surface area contributed by atoms with Gasteiger partial charge in [0.25, 0.3) is 0 Å². The Morgan fingerprint density at radius 1 is 1.47 bits per heavy atom. The molecule has 0 aromatic carbocycles. The van der Waals surface area contributed by atoms with Crippen LogP contribution in [0.25, 0.3) is 0 Å². The van der Waals surface area contributed by atoms with Crippen molar-refractivity contribution in [1.29, 1.82) is 0 Å². The molecule has 1 aliphatic carbocycles. The number of rotatable bonds is 5. The van der Waals surface area contributed by atoms with Gasteiger partial charge >= 0.3 is 0 Å². The second-order valence-corrected chi connectivity index (χ2v) is 4.79. The maximum absolute atomic E-state index is 11.7. The fourth-order valence-corrected chi connectivity index (χ4v) is 2.39. The van der Waals surface area contributed by atoms with E-state index in [9.17, 15) is 9.90 Å². The number of aliphatic hydroxyl groups is 1. The van der Waals surface area contributed by atoms with Crippen molar-refractivity contribution in [2.24, 2.45) is 0 Å². The van der Waals surface area contributed by atoms with Crippen molar-refractivity contribution in [2.45, 2.75) is 50.6 Å². The predicted octanol–water partition coefficient (Wildman–Crippen LogP) is 0.409. The number of hydrogen-bond donors (Lipinski definition) is 3. The molecule has 0 radical (unpaired) electrons. The maximum atomic E-state index is 11.7. The molecule has 1 rings (SSSR count). The lowest BCUT2D eigenvalue weighted by Crippen LogP contribution is -2.57. The maximum Gasteiger partial charge on any atom is 0.237 e. The number of carbonyl (C=O) groups is 1. The summed E-state index contributed by atoms with van der Waals surface area (Å²) in [6.07, 6.45) is 10.4. The quantitative estimate of drug-likeness (QED) is 0.608. The molecule has 96 valence electrons. The molecule has 0 saturated heterocycles. The monoisotopic (exact) mass is 238 g/mol. The van der Waals surface area contributed by atoms with Crippen molar-refractivity contribution < 1.29 is 9.90 Å². The van der Waals surface area contributed by atoms with E-state index in [2.05, 4.69) is 16.6 Å². The van der Waals surface area contributed by atoms with Crippen molar-refractivity contribution in [1.82, 2.24) is 10.6 Å². The summed E-state index contributed by atoms with van der Waals surface area (Å²) >= 11 is 0. The zero-order chi connectivity index (χ0) is 12.7. The van der Waals surface area contributed by atoms with Gasteiger partial charge in [0.2, 0.25) is 5.91 Å². The summed E-state index contributed by atoms with van der Waals surface area (Å²) in [4.78, 5) is 11.7. The number of nitrogens with one attached hydrogen (secondary N) is 2. The number of amides is 1. The third-order valence-corrected chi connectivity index (χ3v) is 3.39. The zero-order valence-corrected chi connectivity index (χ0v) is 10.5. The molecular weight excluding hydrogens is 216 g/mol. The minimum atomic E-state index is -0.325. The number of aliphatic hydroxyl groups excluding tert-OH is 1. The Morgan fingerprint density at radius 2 is 2.12 bits per heavy atom. The van der Waals surface area contributed by atoms with Crippen LogP contribution in [0.1, 0.15) is 39.0 Å². The fraction of sp³-hybridized carbons (Fsp3) is 0.769. The minimum absolute atomic E-state index is 0.0831. The highest BCUT2D eigenvalue weighted by Gasteiger charge is 2.33. The van der Waals surface area contributed by atoms with Crippen LogP contribution in [0.5, 0.6) is 0 Å². The van der Waals surface area contributed by atoms with Gasteiger partial charge in [0.05, 0.1) is 19.2 Å². The topological polar surface area (TPSA) is 61.4 Å². The highest BCUT2D eigenvalue weighted by Crippen LogP contribution is 2.28. The summed E-state index contributed by atoms with van der Waals surface area (Å²) in [6.45, 7) is 2.13. The molecule has 17 heavy (non-hydrogen) atoms. The summed E-state index contributed by atoms with van der Waals surface area (Å²) in [7, 11) is 0. The number of terminal acetylenes is 1. The van der Waals surface area contributed by atoms with Gasteiger partial charge in [0.1, 0.15) is 0 Å². The smallest absolute Gasteiger partial charge is 0.237 e. The Bertz CT molecular complexity index is 290. The van der Waals surface area contributed by atoms with Crippen LogP contribution in [0.15, 0.2) is 0 Å². The Morgan fingerprint density at radius 3 is 2.65 bits per heavy atom. The summed E-state index contributed by atoms with van der Waals surface area (Å²) in [5.41, 5.74) is -0.287. The Hall–Kier alpha value is -1.05. The van der Waals surface area contributed by atoms with Gasteiger partial charge in [-0.05, 0) is 19.8 Å². The molecule has 1 unspecified atom stereocenters. The molecule has 3 N–H and O–H groups in total. The van der Waals surface area contributed by atoms with Crippen molar-refractivity contribution in [3.05, 3.63) is 0 Å². The SMILES string of the molecule is C#CCNC(=O)C(C)NC1(CO)CCCCC1. The molecule has 0 heterocycles. The van der Waals surface area contributed by atoms with Crippen LogP contribution in [-0.2, 0) is 4.79 Å². The van der Waals surface area contributed by atoms with E-state index >= 15 is 0 Å². The van der Waals surface area contributed by atoms with Crippen molar-refractivity contribution in [3.63, 3.8) is 0 Å². The standard InChI is InChI=1S/C13H22N2O2/c1-3-9-14-12(17)11(2)15-13(10-16)7-5-4-6-8-13/h1,11,15-16H,4-10H2,2H3,(H,14,17). The summed E-state index contributed by atoms with van der Waals surface area (Å²) in [6, 6.07) is -0.325. The summed E-state index contributed by atoms with van der Waals surface area (Å²) in [5.74, 6) is 2.26. The highest BCUT2D eigenvalue weighted by atomic mass is 16.3. The Labute approximate surface area is 103 Å². The first-order chi connectivity index (χ1) is 8.13. The second-order valence-electron chi connectivity index (χ2n) is 4.79. The fourth-order valence-electron chi connectivity index (χ4n) is 2.39. The first-order valence-corrected chi connectivity index (χ1v) is 6.23. The van der Waals surface area contributed by atoms with Crippen molar-refractivity contribution in [3.8, 4) is 12.3 Å². The number of carbonyl (C=O) groups excluding carboxylic acids is 1. The van der Waals surface area contributed by atoms with Crippen molar-refractivity contribution >= 4 is 5.91 Å². The minimum Gasteiger partial charge on any atom is -0.394 e. The Kier molecular flexibility index (Phi) is 5.46. The van der Waals surface area contributed by atoms with E-state index in [-0.39, 0.29) is 30.6 Å². The van der Waals surface area contributed by atoms with E-state index in [1.54, 1.807) is 6.92 Å². The third-order valence-electron chi connectivity index (χ3n) is 3.39. The molecule has 0 bridgehead atoms. The third kappa shape index (κ3) is 4.03. The molecule has 0 spiro atoms. The van der Waals surface area contributed by atoms with Gasteiger partial charge in [0.15, 0.2) is 0 Å². The van der Waals surface area contributed by atoms with Crippen LogP contribution in [0.3, 0.4) is 0 Å². The van der Waals surface area contributed by atoms with Crippen LogP contribution in [0.4, 0.5) is 0 Å². The van der Waals surface area contributed by atoms with E-state index in [0.29, 0.717) is 0 Å². The van der Waals surface area contributed by atoms with Gasteiger partial charge in [-0.3, -0.25) is 10.1 Å². The second kappa shape index (κ2) is 6.63. The molecule has 4 heteroatoms. The molecule has 1 amide bonds. The Balaban J connectivity index is 2.49. The molecule has 0 aromatic rings. The first kappa shape index (κ1) is 14.0. The first-order valence-electron chi connectivity index (χ1n) is 6.23. The van der Waals surface area contributed by atoms with Crippen LogP contribution < -0.4 is 10.6 Å². The van der Waals surface area contributed by atoms with Crippen LogP contribution in [-0.4, -0.2) is 35.7 Å². The normalized spacial score (nSPS) is 20.3. The average molecular weight is 238 g/mol. The van der Waals surface area contributed by atoms with E-state index in [0.717, 1.165) is 25.7 Å². The molecule has 1 fully saturated rings. The van der Waals surface area contributed by atoms with Gasteiger partial charge < -0.3 is 10.4 Å². The van der Waals surface area contributed by atoms with Crippen LogP contribution in [0.2, 0.25) is 0 Å². The molecular formula is C13H22N2O2. The predicted molar refractivity (Wildman–Crippen MR) is 67.3 cm³/mol. The average Bonchev–Trinajstić information content (AvgIpc) is 2.36. The molecule has 4 nitrogen and oxygen atoms in total. The van der Waals surface area contributed by atoms with Gasteiger partial charge in [-0.15, -0.1) is 6.42 Å². The van der Waals surface area contributed by atoms with Crippen LogP contribution in [0, 0.1) is 12.3 Å².